The lowest BCUT2D eigenvalue weighted by Crippen LogP contribution is -2.30. The molecule has 2 nitrogen and oxygen atoms in total. The van der Waals surface area contributed by atoms with E-state index >= 15 is 0 Å². The van der Waals surface area contributed by atoms with Gasteiger partial charge in [-0.25, -0.2) is 8.78 Å². The van der Waals surface area contributed by atoms with Gasteiger partial charge in [-0.3, -0.25) is 4.90 Å². The smallest absolute Gasteiger partial charge is 0.262 e. The highest BCUT2D eigenvalue weighted by molar-refractivity contribution is 4.88. The molecule has 1 heterocycles. The lowest BCUT2D eigenvalue weighted by Gasteiger charge is -2.19. The van der Waals surface area contributed by atoms with E-state index in [4.69, 9.17) is 4.74 Å². The Labute approximate surface area is 77.9 Å². The van der Waals surface area contributed by atoms with Crippen LogP contribution in [0.25, 0.3) is 0 Å². The molecule has 1 fully saturated rings. The van der Waals surface area contributed by atoms with Crippen LogP contribution in [0.1, 0.15) is 20.3 Å². The third-order valence-corrected chi connectivity index (χ3v) is 2.26. The predicted molar refractivity (Wildman–Crippen MR) is 47.1 cm³/mol. The number of hydrogen-bond donors (Lipinski definition) is 0. The van der Waals surface area contributed by atoms with Crippen LogP contribution in [0.3, 0.4) is 0 Å². The quantitative estimate of drug-likeness (QED) is 0.677. The van der Waals surface area contributed by atoms with Gasteiger partial charge in [0.15, 0.2) is 0 Å². The number of halogens is 2. The van der Waals surface area contributed by atoms with Gasteiger partial charge in [0, 0.05) is 12.5 Å². The molecule has 1 atom stereocenters. The van der Waals surface area contributed by atoms with Crippen molar-refractivity contribution >= 4 is 0 Å². The van der Waals surface area contributed by atoms with E-state index in [0.717, 1.165) is 0 Å². The molecule has 0 aliphatic carbocycles. The highest BCUT2D eigenvalue weighted by Gasteiger charge is 2.43. The minimum atomic E-state index is -2.53. The summed E-state index contributed by atoms with van der Waals surface area (Å²) < 4.78 is 31.1. The molecule has 0 bridgehead atoms. The topological polar surface area (TPSA) is 12.5 Å². The highest BCUT2D eigenvalue weighted by atomic mass is 19.3. The fourth-order valence-corrected chi connectivity index (χ4v) is 1.55. The first-order chi connectivity index (χ1) is 5.91. The van der Waals surface area contributed by atoms with Crippen LogP contribution in [0.2, 0.25) is 0 Å². The van der Waals surface area contributed by atoms with Gasteiger partial charge in [-0.15, -0.1) is 0 Å². The molecule has 13 heavy (non-hydrogen) atoms. The Bertz CT molecular complexity index is 173. The molecule has 0 amide bonds. The van der Waals surface area contributed by atoms with E-state index in [1.54, 1.807) is 11.9 Å². The van der Waals surface area contributed by atoms with Crippen LogP contribution in [0.15, 0.2) is 0 Å². The van der Waals surface area contributed by atoms with Gasteiger partial charge in [-0.05, 0) is 20.9 Å². The van der Waals surface area contributed by atoms with Gasteiger partial charge in [0.1, 0.15) is 0 Å². The molecule has 0 unspecified atom stereocenters. The van der Waals surface area contributed by atoms with E-state index in [1.807, 2.05) is 13.8 Å². The molecule has 78 valence electrons. The van der Waals surface area contributed by atoms with Crippen LogP contribution in [0, 0.1) is 0 Å². The van der Waals surface area contributed by atoms with Crippen molar-refractivity contribution in [2.75, 3.05) is 20.2 Å². The number of likely N-dealkylation sites (tertiary alicyclic amines) is 1. The predicted octanol–water partition coefficient (Wildman–Crippen LogP) is 1.75. The summed E-state index contributed by atoms with van der Waals surface area (Å²) in [5.74, 6) is -2.53. The average Bonchev–Trinajstić information content (AvgIpc) is 2.20. The first-order valence-electron chi connectivity index (χ1n) is 4.60. The Kier molecular flexibility index (Phi) is 3.24. The summed E-state index contributed by atoms with van der Waals surface area (Å²) in [6.45, 7) is 4.09. The minimum absolute atomic E-state index is 0.0732. The second-order valence-electron chi connectivity index (χ2n) is 4.01. The third kappa shape index (κ3) is 3.19. The van der Waals surface area contributed by atoms with Crippen LogP contribution < -0.4 is 0 Å². The van der Waals surface area contributed by atoms with Crippen molar-refractivity contribution in [2.45, 2.75) is 38.3 Å². The number of alkyl halides is 2. The summed E-state index contributed by atoms with van der Waals surface area (Å²) in [5, 5.41) is 0. The summed E-state index contributed by atoms with van der Waals surface area (Å²) in [5.41, 5.74) is 0. The van der Waals surface area contributed by atoms with E-state index in [-0.39, 0.29) is 25.1 Å². The van der Waals surface area contributed by atoms with Crippen LogP contribution in [-0.2, 0) is 4.74 Å². The van der Waals surface area contributed by atoms with Crippen molar-refractivity contribution in [3.8, 4) is 0 Å². The van der Waals surface area contributed by atoms with Gasteiger partial charge < -0.3 is 4.74 Å². The Morgan fingerprint density at radius 3 is 2.54 bits per heavy atom. The zero-order valence-electron chi connectivity index (χ0n) is 8.39. The summed E-state index contributed by atoms with van der Waals surface area (Å²) in [4.78, 5) is 1.67. The van der Waals surface area contributed by atoms with Crippen LogP contribution >= 0.6 is 0 Å². The van der Waals surface area contributed by atoms with Crippen molar-refractivity contribution in [3.05, 3.63) is 0 Å². The molecular weight excluding hydrogens is 176 g/mol. The van der Waals surface area contributed by atoms with Crippen molar-refractivity contribution < 1.29 is 13.5 Å². The van der Waals surface area contributed by atoms with Gasteiger partial charge in [0.2, 0.25) is 0 Å². The summed E-state index contributed by atoms with van der Waals surface area (Å²) in [6.07, 6.45) is 0.0403. The first kappa shape index (κ1) is 10.9. The van der Waals surface area contributed by atoms with E-state index in [9.17, 15) is 8.78 Å². The molecular formula is C9H17F2NO. The molecule has 4 heteroatoms. The molecule has 0 aromatic heterocycles. The average molecular weight is 193 g/mol. The molecule has 0 N–H and O–H groups in total. The zero-order chi connectivity index (χ0) is 10.1. The lowest BCUT2D eigenvalue weighted by atomic mass is 10.2. The van der Waals surface area contributed by atoms with E-state index < -0.39 is 5.92 Å². The van der Waals surface area contributed by atoms with E-state index in [2.05, 4.69) is 0 Å². The second-order valence-corrected chi connectivity index (χ2v) is 4.01. The molecule has 1 aliphatic rings. The van der Waals surface area contributed by atoms with Crippen LogP contribution in [0.5, 0.6) is 0 Å². The molecule has 0 spiro atoms. The fourth-order valence-electron chi connectivity index (χ4n) is 1.55. The third-order valence-electron chi connectivity index (χ3n) is 2.26. The Hall–Kier alpha value is -0.220. The number of nitrogens with zero attached hydrogens (tertiary/aromatic N) is 1. The van der Waals surface area contributed by atoms with Gasteiger partial charge in [0.05, 0.1) is 19.3 Å². The molecule has 0 aromatic carbocycles. The molecule has 1 saturated heterocycles. The summed E-state index contributed by atoms with van der Waals surface area (Å²) in [6, 6.07) is -0.127. The second kappa shape index (κ2) is 3.88. The standard InChI is InChI=1S/C9H17F2NO/c1-7(2)13-5-8-4-9(10,11)6-12(8)3/h7-8H,4-6H2,1-3H3/t8-/m1/s1. The maximum atomic E-state index is 12.9. The van der Waals surface area contributed by atoms with E-state index in [0.29, 0.717) is 6.61 Å². The number of hydrogen-bond acceptors (Lipinski definition) is 2. The minimum Gasteiger partial charge on any atom is -0.377 e. The van der Waals surface area contributed by atoms with E-state index in [1.165, 1.54) is 0 Å². The molecule has 0 aromatic rings. The number of ether oxygens (including phenoxy) is 1. The van der Waals surface area contributed by atoms with Crippen molar-refractivity contribution in [3.63, 3.8) is 0 Å². The zero-order valence-corrected chi connectivity index (χ0v) is 8.39. The highest BCUT2D eigenvalue weighted by Crippen LogP contribution is 2.30. The monoisotopic (exact) mass is 193 g/mol. The Morgan fingerprint density at radius 1 is 1.54 bits per heavy atom. The molecule has 1 aliphatic heterocycles. The Morgan fingerprint density at radius 2 is 2.15 bits per heavy atom. The molecule has 0 radical (unpaired) electrons. The first-order valence-corrected chi connectivity index (χ1v) is 4.60. The van der Waals surface area contributed by atoms with Crippen LogP contribution in [0.4, 0.5) is 8.78 Å². The Balaban J connectivity index is 2.35. The SMILES string of the molecule is CC(C)OC[C@H]1CC(F)(F)CN1C. The number of rotatable bonds is 3. The van der Waals surface area contributed by atoms with Crippen molar-refractivity contribution in [2.24, 2.45) is 0 Å². The largest absolute Gasteiger partial charge is 0.377 e. The van der Waals surface area contributed by atoms with Gasteiger partial charge in [-0.2, -0.15) is 0 Å². The van der Waals surface area contributed by atoms with Crippen LogP contribution in [-0.4, -0.2) is 43.2 Å². The maximum absolute atomic E-state index is 12.9. The van der Waals surface area contributed by atoms with Crippen molar-refractivity contribution in [1.29, 1.82) is 0 Å². The van der Waals surface area contributed by atoms with Gasteiger partial charge in [-0.1, -0.05) is 0 Å². The summed E-state index contributed by atoms with van der Waals surface area (Å²) in [7, 11) is 1.72. The van der Waals surface area contributed by atoms with Gasteiger partial charge >= 0.3 is 0 Å². The molecule has 1 rings (SSSR count). The lowest BCUT2D eigenvalue weighted by molar-refractivity contribution is 0.0110. The van der Waals surface area contributed by atoms with Gasteiger partial charge in [0.25, 0.3) is 5.92 Å². The fraction of sp³-hybridized carbons (Fsp3) is 1.00. The maximum Gasteiger partial charge on any atom is 0.262 e. The summed E-state index contributed by atoms with van der Waals surface area (Å²) >= 11 is 0. The normalized spacial score (nSPS) is 28.6. The number of likely N-dealkylation sites (N-methyl/N-ethyl adjacent to an activating group) is 1. The molecule has 0 saturated carbocycles. The van der Waals surface area contributed by atoms with Crippen molar-refractivity contribution in [1.82, 2.24) is 4.90 Å².